The number of aryl methyl sites for hydroxylation is 1. The minimum Gasteiger partial charge on any atom is -0.332 e. The number of hydrogen-bond acceptors (Lipinski definition) is 4. The Hall–Kier alpha value is -2.18. The molecule has 0 saturated carbocycles. The van der Waals surface area contributed by atoms with Crippen LogP contribution in [-0.2, 0) is 19.5 Å². The van der Waals surface area contributed by atoms with Gasteiger partial charge in [0.1, 0.15) is 0 Å². The van der Waals surface area contributed by atoms with E-state index < -0.39 is 0 Å². The number of nitrogens with one attached hydrogen (secondary N) is 2. The first-order valence-electron chi connectivity index (χ1n) is 8.81. The number of nitrogens with zero attached hydrogens (tertiary/aromatic N) is 3. The summed E-state index contributed by atoms with van der Waals surface area (Å²) >= 11 is 0. The van der Waals surface area contributed by atoms with E-state index in [1.54, 1.807) is 0 Å². The molecule has 2 heterocycles. The Morgan fingerprint density at radius 3 is 2.88 bits per heavy atom. The lowest BCUT2D eigenvalue weighted by molar-refractivity contribution is 0.0724. The molecular formula is C19H27N5O. The number of H-pyrrole nitrogens is 1. The number of aromatic amines is 1. The van der Waals surface area contributed by atoms with E-state index in [4.69, 9.17) is 0 Å². The average Bonchev–Trinajstić information content (AvgIpc) is 3.02. The van der Waals surface area contributed by atoms with Crippen LogP contribution in [0.25, 0.3) is 0 Å². The molecule has 0 spiro atoms. The molecule has 0 aliphatic carbocycles. The van der Waals surface area contributed by atoms with Crippen LogP contribution in [0.1, 0.15) is 32.9 Å². The average molecular weight is 341 g/mol. The highest BCUT2D eigenvalue weighted by atomic mass is 16.2. The molecule has 1 aromatic heterocycles. The number of carbonyl (C=O) groups is 1. The standard InChI is InChI=1S/C19H27N5O/c1-14-5-4-6-15(11-14)13-24(10-9-23(2)3)19(25)18-16-12-20-8-7-17(16)21-22-18/h4-6,11,20H,7-10,12-13H2,1-3H3,(H,21,22). The lowest BCUT2D eigenvalue weighted by Crippen LogP contribution is -2.37. The summed E-state index contributed by atoms with van der Waals surface area (Å²) in [5.41, 5.74) is 5.03. The zero-order valence-electron chi connectivity index (χ0n) is 15.3. The first-order chi connectivity index (χ1) is 12.0. The summed E-state index contributed by atoms with van der Waals surface area (Å²) in [6.07, 6.45) is 0.894. The SMILES string of the molecule is Cc1cccc(CN(CCN(C)C)C(=O)c2n[nH]c3c2CNCC3)c1. The van der Waals surface area contributed by atoms with Gasteiger partial charge in [-0.25, -0.2) is 0 Å². The number of amides is 1. The number of likely N-dealkylation sites (N-methyl/N-ethyl adjacent to an activating group) is 1. The quantitative estimate of drug-likeness (QED) is 0.837. The van der Waals surface area contributed by atoms with Crippen molar-refractivity contribution in [3.05, 3.63) is 52.3 Å². The Morgan fingerprint density at radius 1 is 1.28 bits per heavy atom. The monoisotopic (exact) mass is 341 g/mol. The summed E-state index contributed by atoms with van der Waals surface area (Å²) in [7, 11) is 4.05. The molecule has 0 bridgehead atoms. The molecule has 2 N–H and O–H groups in total. The first kappa shape index (κ1) is 17.6. The Morgan fingerprint density at radius 2 is 2.12 bits per heavy atom. The van der Waals surface area contributed by atoms with E-state index >= 15 is 0 Å². The van der Waals surface area contributed by atoms with Crippen LogP contribution in [0.15, 0.2) is 24.3 Å². The molecule has 1 aliphatic rings. The van der Waals surface area contributed by atoms with E-state index in [2.05, 4.69) is 45.5 Å². The summed E-state index contributed by atoms with van der Waals surface area (Å²) in [5, 5.41) is 10.7. The molecule has 1 aliphatic heterocycles. The van der Waals surface area contributed by atoms with Gasteiger partial charge in [-0.15, -0.1) is 0 Å². The highest BCUT2D eigenvalue weighted by Crippen LogP contribution is 2.18. The number of aromatic nitrogens is 2. The number of hydrogen-bond donors (Lipinski definition) is 2. The summed E-state index contributed by atoms with van der Waals surface area (Å²) in [6, 6.07) is 8.33. The molecule has 25 heavy (non-hydrogen) atoms. The maximum atomic E-state index is 13.2. The van der Waals surface area contributed by atoms with Crippen molar-refractivity contribution in [2.45, 2.75) is 26.4 Å². The van der Waals surface area contributed by atoms with Gasteiger partial charge in [0.2, 0.25) is 0 Å². The van der Waals surface area contributed by atoms with Crippen LogP contribution in [0.5, 0.6) is 0 Å². The van der Waals surface area contributed by atoms with Crippen molar-refractivity contribution in [3.8, 4) is 0 Å². The fourth-order valence-electron chi connectivity index (χ4n) is 3.16. The molecule has 0 unspecified atom stereocenters. The van der Waals surface area contributed by atoms with E-state index in [9.17, 15) is 4.79 Å². The van der Waals surface area contributed by atoms with Crippen LogP contribution in [0.3, 0.4) is 0 Å². The minimum atomic E-state index is 0.00422. The predicted molar refractivity (Wildman–Crippen MR) is 98.5 cm³/mol. The molecular weight excluding hydrogens is 314 g/mol. The van der Waals surface area contributed by atoms with E-state index in [0.717, 1.165) is 36.3 Å². The normalized spacial score (nSPS) is 13.8. The summed E-state index contributed by atoms with van der Waals surface area (Å²) in [6.45, 7) is 5.81. The van der Waals surface area contributed by atoms with Crippen LogP contribution in [-0.4, -0.2) is 59.6 Å². The van der Waals surface area contributed by atoms with Crippen LogP contribution < -0.4 is 5.32 Å². The zero-order chi connectivity index (χ0) is 17.8. The maximum Gasteiger partial charge on any atom is 0.275 e. The lowest BCUT2D eigenvalue weighted by Gasteiger charge is -2.25. The summed E-state index contributed by atoms with van der Waals surface area (Å²) in [4.78, 5) is 17.2. The number of benzene rings is 1. The largest absolute Gasteiger partial charge is 0.332 e. The van der Waals surface area contributed by atoms with Gasteiger partial charge in [-0.1, -0.05) is 29.8 Å². The Kier molecular flexibility index (Phi) is 5.50. The Labute approximate surface area is 149 Å². The van der Waals surface area contributed by atoms with E-state index in [0.29, 0.717) is 25.3 Å². The second kappa shape index (κ2) is 7.80. The second-order valence-corrected chi connectivity index (χ2v) is 6.98. The van der Waals surface area contributed by atoms with E-state index in [1.807, 2.05) is 25.1 Å². The van der Waals surface area contributed by atoms with Crippen molar-refractivity contribution >= 4 is 5.91 Å². The molecule has 1 aromatic carbocycles. The molecule has 1 amide bonds. The van der Waals surface area contributed by atoms with Gasteiger partial charge in [-0.3, -0.25) is 9.89 Å². The number of rotatable bonds is 6. The van der Waals surface area contributed by atoms with Gasteiger partial charge >= 0.3 is 0 Å². The number of fused-ring (bicyclic) bond motifs is 1. The Balaban J connectivity index is 1.82. The van der Waals surface area contributed by atoms with Crippen molar-refractivity contribution in [2.75, 3.05) is 33.7 Å². The third-order valence-corrected chi connectivity index (χ3v) is 4.57. The van der Waals surface area contributed by atoms with Crippen molar-refractivity contribution in [2.24, 2.45) is 0 Å². The summed E-state index contributed by atoms with van der Waals surface area (Å²) < 4.78 is 0. The van der Waals surface area contributed by atoms with Gasteiger partial charge < -0.3 is 15.1 Å². The molecule has 0 radical (unpaired) electrons. The molecule has 0 saturated heterocycles. The molecule has 6 heteroatoms. The molecule has 0 atom stereocenters. The molecule has 0 fully saturated rings. The smallest absolute Gasteiger partial charge is 0.275 e. The third-order valence-electron chi connectivity index (χ3n) is 4.57. The van der Waals surface area contributed by atoms with Crippen molar-refractivity contribution in [1.29, 1.82) is 0 Å². The fraction of sp³-hybridized carbons (Fsp3) is 0.474. The molecule has 2 aromatic rings. The number of carbonyl (C=O) groups excluding carboxylic acids is 1. The van der Waals surface area contributed by atoms with Crippen molar-refractivity contribution in [1.82, 2.24) is 25.3 Å². The van der Waals surface area contributed by atoms with Gasteiger partial charge in [0.15, 0.2) is 5.69 Å². The van der Waals surface area contributed by atoms with Gasteiger partial charge in [0.05, 0.1) is 0 Å². The molecule has 134 valence electrons. The summed E-state index contributed by atoms with van der Waals surface area (Å²) in [5.74, 6) is 0.00422. The zero-order valence-corrected chi connectivity index (χ0v) is 15.3. The highest BCUT2D eigenvalue weighted by Gasteiger charge is 2.25. The maximum absolute atomic E-state index is 13.2. The van der Waals surface area contributed by atoms with E-state index in [-0.39, 0.29) is 5.91 Å². The minimum absolute atomic E-state index is 0.00422. The van der Waals surface area contributed by atoms with Gasteiger partial charge in [0.25, 0.3) is 5.91 Å². The van der Waals surface area contributed by atoms with Crippen LogP contribution in [0, 0.1) is 6.92 Å². The third kappa shape index (κ3) is 4.27. The van der Waals surface area contributed by atoms with Crippen LogP contribution >= 0.6 is 0 Å². The van der Waals surface area contributed by atoms with Crippen molar-refractivity contribution in [3.63, 3.8) is 0 Å². The highest BCUT2D eigenvalue weighted by molar-refractivity contribution is 5.94. The lowest BCUT2D eigenvalue weighted by atomic mass is 10.1. The fourth-order valence-corrected chi connectivity index (χ4v) is 3.16. The molecule has 6 nitrogen and oxygen atoms in total. The Bertz CT molecular complexity index is 737. The topological polar surface area (TPSA) is 64.3 Å². The van der Waals surface area contributed by atoms with Crippen LogP contribution in [0.4, 0.5) is 0 Å². The van der Waals surface area contributed by atoms with Gasteiger partial charge in [-0.05, 0) is 26.6 Å². The van der Waals surface area contributed by atoms with E-state index in [1.165, 1.54) is 5.56 Å². The molecule has 3 rings (SSSR count). The second-order valence-electron chi connectivity index (χ2n) is 6.98. The predicted octanol–water partition coefficient (Wildman–Crippen LogP) is 1.57. The first-order valence-corrected chi connectivity index (χ1v) is 8.81. The van der Waals surface area contributed by atoms with Gasteiger partial charge in [-0.2, -0.15) is 5.10 Å². The van der Waals surface area contributed by atoms with Crippen LogP contribution in [0.2, 0.25) is 0 Å². The van der Waals surface area contributed by atoms with Gasteiger partial charge in [0, 0.05) is 50.4 Å². The van der Waals surface area contributed by atoms with Crippen molar-refractivity contribution < 1.29 is 4.79 Å².